The first-order valence-corrected chi connectivity index (χ1v) is 8.34. The molecule has 0 bridgehead atoms. The number of carbonyl (C=O) groups excluding carboxylic acids is 1. The van der Waals surface area contributed by atoms with Crippen LogP contribution in [-0.4, -0.2) is 27.5 Å². The molecule has 4 rings (SSSR count). The predicted octanol–water partition coefficient (Wildman–Crippen LogP) is 3.40. The van der Waals surface area contributed by atoms with Gasteiger partial charge in [0.05, 0.1) is 0 Å². The van der Waals surface area contributed by atoms with E-state index in [4.69, 9.17) is 6.42 Å². The van der Waals surface area contributed by atoms with Gasteiger partial charge in [-0.15, -0.1) is 6.42 Å². The summed E-state index contributed by atoms with van der Waals surface area (Å²) in [6.07, 6.45) is 6.07. The Morgan fingerprint density at radius 1 is 1.23 bits per heavy atom. The standard InChI is InChI=1S/C21H16FN3O/c1-2-14-6-5-7-15(12-14)21(26)25-11-10-19-17(13-25)20(24-23-19)16-8-3-4-9-18(16)22/h1,3-9,12H,10-11,13H2,(H,23,24). The van der Waals surface area contributed by atoms with Crippen LogP contribution in [0.2, 0.25) is 0 Å². The number of fused-ring (bicyclic) bond motifs is 1. The molecule has 0 saturated heterocycles. The lowest BCUT2D eigenvalue weighted by Crippen LogP contribution is -2.36. The van der Waals surface area contributed by atoms with Crippen LogP contribution in [0.1, 0.15) is 27.2 Å². The minimum Gasteiger partial charge on any atom is -0.334 e. The van der Waals surface area contributed by atoms with Crippen molar-refractivity contribution in [3.8, 4) is 23.6 Å². The first kappa shape index (κ1) is 16.1. The van der Waals surface area contributed by atoms with Gasteiger partial charge in [0.15, 0.2) is 0 Å². The van der Waals surface area contributed by atoms with Crippen LogP contribution in [0.25, 0.3) is 11.3 Å². The van der Waals surface area contributed by atoms with Crippen molar-refractivity contribution in [1.82, 2.24) is 15.1 Å². The monoisotopic (exact) mass is 345 g/mol. The van der Waals surface area contributed by atoms with Crippen molar-refractivity contribution in [2.75, 3.05) is 6.54 Å². The Morgan fingerprint density at radius 2 is 2.08 bits per heavy atom. The Morgan fingerprint density at radius 3 is 2.88 bits per heavy atom. The van der Waals surface area contributed by atoms with Crippen LogP contribution in [0.5, 0.6) is 0 Å². The normalized spacial score (nSPS) is 13.2. The van der Waals surface area contributed by atoms with Crippen molar-refractivity contribution in [2.24, 2.45) is 0 Å². The predicted molar refractivity (Wildman–Crippen MR) is 96.8 cm³/mol. The number of carbonyl (C=O) groups is 1. The zero-order valence-electron chi connectivity index (χ0n) is 14.0. The maximum atomic E-state index is 14.2. The SMILES string of the molecule is C#Cc1cccc(C(=O)N2CCc3[nH]nc(-c4ccccc4F)c3C2)c1. The number of halogens is 1. The fourth-order valence-electron chi connectivity index (χ4n) is 3.27. The lowest BCUT2D eigenvalue weighted by Gasteiger charge is -2.27. The summed E-state index contributed by atoms with van der Waals surface area (Å²) in [7, 11) is 0. The molecule has 1 N–H and O–H groups in total. The summed E-state index contributed by atoms with van der Waals surface area (Å²) in [6.45, 7) is 0.958. The van der Waals surface area contributed by atoms with Gasteiger partial charge in [-0.05, 0) is 30.3 Å². The van der Waals surface area contributed by atoms with Crippen molar-refractivity contribution in [2.45, 2.75) is 13.0 Å². The number of H-pyrrole nitrogens is 1. The highest BCUT2D eigenvalue weighted by Gasteiger charge is 2.27. The van der Waals surface area contributed by atoms with Gasteiger partial charge in [-0.2, -0.15) is 5.10 Å². The summed E-state index contributed by atoms with van der Waals surface area (Å²) in [5.41, 5.74) is 4.04. The molecule has 26 heavy (non-hydrogen) atoms. The number of nitrogens with one attached hydrogen (secondary N) is 1. The molecular weight excluding hydrogens is 329 g/mol. The van der Waals surface area contributed by atoms with Gasteiger partial charge >= 0.3 is 0 Å². The maximum absolute atomic E-state index is 14.2. The van der Waals surface area contributed by atoms with E-state index in [1.807, 2.05) is 0 Å². The van der Waals surface area contributed by atoms with Crippen LogP contribution in [0.3, 0.4) is 0 Å². The van der Waals surface area contributed by atoms with Gasteiger partial charge in [0.2, 0.25) is 0 Å². The van der Waals surface area contributed by atoms with Gasteiger partial charge < -0.3 is 4.90 Å². The summed E-state index contributed by atoms with van der Waals surface area (Å²) < 4.78 is 14.2. The summed E-state index contributed by atoms with van der Waals surface area (Å²) in [5, 5.41) is 7.28. The van der Waals surface area contributed by atoms with E-state index in [0.717, 1.165) is 11.3 Å². The molecule has 2 aromatic carbocycles. The van der Waals surface area contributed by atoms with E-state index >= 15 is 0 Å². The number of benzene rings is 2. The lowest BCUT2D eigenvalue weighted by molar-refractivity contribution is 0.0734. The summed E-state index contributed by atoms with van der Waals surface area (Å²) >= 11 is 0. The van der Waals surface area contributed by atoms with E-state index in [0.29, 0.717) is 41.9 Å². The third-order valence-corrected chi connectivity index (χ3v) is 4.63. The molecule has 4 nitrogen and oxygen atoms in total. The summed E-state index contributed by atoms with van der Waals surface area (Å²) in [6, 6.07) is 13.6. The van der Waals surface area contributed by atoms with E-state index in [1.165, 1.54) is 6.07 Å². The molecule has 2 heterocycles. The van der Waals surface area contributed by atoms with Gasteiger partial charge in [-0.1, -0.05) is 24.1 Å². The largest absolute Gasteiger partial charge is 0.334 e. The molecule has 0 fully saturated rings. The van der Waals surface area contributed by atoms with Gasteiger partial charge in [0, 0.05) is 47.5 Å². The Bertz CT molecular complexity index is 1030. The van der Waals surface area contributed by atoms with E-state index in [1.54, 1.807) is 47.4 Å². The number of amides is 1. The molecular formula is C21H16FN3O. The Hall–Kier alpha value is -3.39. The third-order valence-electron chi connectivity index (χ3n) is 4.63. The number of aromatic amines is 1. The fourth-order valence-corrected chi connectivity index (χ4v) is 3.27. The smallest absolute Gasteiger partial charge is 0.254 e. The average molecular weight is 345 g/mol. The van der Waals surface area contributed by atoms with Gasteiger partial charge in [-0.3, -0.25) is 9.89 Å². The van der Waals surface area contributed by atoms with Crippen LogP contribution in [0.4, 0.5) is 4.39 Å². The minimum atomic E-state index is -0.327. The molecule has 1 aromatic heterocycles. The molecule has 0 atom stereocenters. The Labute approximate surface area is 150 Å². The topological polar surface area (TPSA) is 49.0 Å². The van der Waals surface area contributed by atoms with Crippen molar-refractivity contribution in [3.63, 3.8) is 0 Å². The van der Waals surface area contributed by atoms with Crippen LogP contribution in [-0.2, 0) is 13.0 Å². The molecule has 5 heteroatoms. The minimum absolute atomic E-state index is 0.0894. The first-order valence-electron chi connectivity index (χ1n) is 8.34. The second kappa shape index (κ2) is 6.49. The summed E-state index contributed by atoms with van der Waals surface area (Å²) in [5.74, 6) is 2.13. The van der Waals surface area contributed by atoms with E-state index in [9.17, 15) is 9.18 Å². The van der Waals surface area contributed by atoms with Crippen molar-refractivity contribution >= 4 is 5.91 Å². The Balaban J connectivity index is 1.66. The van der Waals surface area contributed by atoms with Crippen LogP contribution < -0.4 is 0 Å². The van der Waals surface area contributed by atoms with Gasteiger partial charge in [0.1, 0.15) is 11.5 Å². The molecule has 0 aliphatic carbocycles. The van der Waals surface area contributed by atoms with Crippen LogP contribution in [0.15, 0.2) is 48.5 Å². The summed E-state index contributed by atoms with van der Waals surface area (Å²) in [4.78, 5) is 14.6. The highest BCUT2D eigenvalue weighted by molar-refractivity contribution is 5.94. The zero-order valence-corrected chi connectivity index (χ0v) is 14.0. The molecule has 0 saturated carbocycles. The van der Waals surface area contributed by atoms with Gasteiger partial charge in [0.25, 0.3) is 5.91 Å². The van der Waals surface area contributed by atoms with E-state index < -0.39 is 0 Å². The fraction of sp³-hybridized carbons (Fsp3) is 0.143. The Kier molecular flexibility index (Phi) is 4.02. The highest BCUT2D eigenvalue weighted by Crippen LogP contribution is 2.30. The second-order valence-corrected chi connectivity index (χ2v) is 6.21. The quantitative estimate of drug-likeness (QED) is 0.724. The zero-order chi connectivity index (χ0) is 18.1. The number of hydrogen-bond acceptors (Lipinski definition) is 2. The highest BCUT2D eigenvalue weighted by atomic mass is 19.1. The van der Waals surface area contributed by atoms with Gasteiger partial charge in [-0.25, -0.2) is 4.39 Å². The van der Waals surface area contributed by atoms with Crippen molar-refractivity contribution in [3.05, 3.63) is 76.7 Å². The number of nitrogens with zero attached hydrogens (tertiary/aromatic N) is 2. The van der Waals surface area contributed by atoms with Crippen molar-refractivity contribution in [1.29, 1.82) is 0 Å². The van der Waals surface area contributed by atoms with Crippen LogP contribution >= 0.6 is 0 Å². The number of terminal acetylenes is 1. The molecule has 0 unspecified atom stereocenters. The maximum Gasteiger partial charge on any atom is 0.254 e. The molecule has 128 valence electrons. The lowest BCUT2D eigenvalue weighted by atomic mass is 10.00. The third kappa shape index (κ3) is 2.76. The molecule has 3 aromatic rings. The van der Waals surface area contributed by atoms with E-state index in [-0.39, 0.29) is 11.7 Å². The first-order chi connectivity index (χ1) is 12.7. The van der Waals surface area contributed by atoms with Crippen molar-refractivity contribution < 1.29 is 9.18 Å². The molecule has 0 spiro atoms. The van der Waals surface area contributed by atoms with Crippen LogP contribution in [0, 0.1) is 18.2 Å². The molecule has 1 amide bonds. The second-order valence-electron chi connectivity index (χ2n) is 6.21. The van der Waals surface area contributed by atoms with E-state index in [2.05, 4.69) is 16.1 Å². The molecule has 0 radical (unpaired) electrons. The molecule has 1 aliphatic heterocycles. The molecule has 1 aliphatic rings. The average Bonchev–Trinajstić information content (AvgIpc) is 3.11. The number of hydrogen-bond donors (Lipinski definition) is 1. The number of aromatic nitrogens is 2. The number of rotatable bonds is 2.